The number of hydrogen-bond donors (Lipinski definition) is 1. The molecule has 10 heteroatoms. The number of hydrogen-bond acceptors (Lipinski definition) is 7. The molecule has 1 N–H and O–H groups in total. The highest BCUT2D eigenvalue weighted by molar-refractivity contribution is 7.90. The topological polar surface area (TPSA) is 97.1 Å². The zero-order valence-electron chi connectivity index (χ0n) is 27.3. The highest BCUT2D eigenvalue weighted by Gasteiger charge is 2.37. The minimum Gasteiger partial charge on any atom is -0.598 e. The van der Waals surface area contributed by atoms with E-state index >= 15 is 0 Å². The minimum atomic E-state index is -1.92. The normalized spacial score (nSPS) is 14.2. The molecule has 0 amide bonds. The molecule has 0 unspecified atom stereocenters. The second-order valence-electron chi connectivity index (χ2n) is 13.5. The van der Waals surface area contributed by atoms with Crippen molar-refractivity contribution in [2.45, 2.75) is 96.8 Å². The smallest absolute Gasteiger partial charge is 0.192 e. The monoisotopic (exact) mass is 621 g/mol. The van der Waals surface area contributed by atoms with Gasteiger partial charge in [0.05, 0.1) is 53.9 Å². The van der Waals surface area contributed by atoms with Crippen LogP contribution in [0.4, 0.5) is 0 Å². The first kappa shape index (κ1) is 33.1. The molecule has 0 bridgehead atoms. The summed E-state index contributed by atoms with van der Waals surface area (Å²) in [5, 5.41) is 5.71. The van der Waals surface area contributed by atoms with E-state index in [0.29, 0.717) is 18.2 Å². The van der Waals surface area contributed by atoms with E-state index in [4.69, 9.17) is 24.2 Å². The zero-order valence-corrected chi connectivity index (χ0v) is 29.1. The predicted molar refractivity (Wildman–Crippen MR) is 179 cm³/mol. The van der Waals surface area contributed by atoms with Gasteiger partial charge in [-0.05, 0) is 81.7 Å². The molecule has 8 nitrogen and oxygen atoms in total. The van der Waals surface area contributed by atoms with E-state index < -0.39 is 19.7 Å². The molecule has 0 aliphatic heterocycles. The summed E-state index contributed by atoms with van der Waals surface area (Å²) in [7, 11) is -0.250. The largest absolute Gasteiger partial charge is 0.598 e. The SMILES string of the molecule is CCC[C@H](N[S@+]([O-])C(C)(C)C)c1cccc(-c2cc(OC)c3cnn(-c4cccc(CO[Si](C)(C)C(C)(C)C)n4)c3c2)n1. The first-order chi connectivity index (χ1) is 20.1. The third-order valence-electron chi connectivity index (χ3n) is 8.07. The van der Waals surface area contributed by atoms with Crippen LogP contribution < -0.4 is 9.46 Å². The highest BCUT2D eigenvalue weighted by Crippen LogP contribution is 2.37. The molecule has 0 radical (unpaired) electrons. The molecule has 43 heavy (non-hydrogen) atoms. The first-order valence-electron chi connectivity index (χ1n) is 15.0. The molecule has 4 rings (SSSR count). The van der Waals surface area contributed by atoms with Crippen molar-refractivity contribution in [1.82, 2.24) is 24.5 Å². The van der Waals surface area contributed by atoms with Crippen molar-refractivity contribution < 1.29 is 13.7 Å². The van der Waals surface area contributed by atoms with E-state index in [9.17, 15) is 4.55 Å². The summed E-state index contributed by atoms with van der Waals surface area (Å²) in [6.45, 7) is 19.7. The van der Waals surface area contributed by atoms with Crippen LogP contribution in [0, 0.1) is 0 Å². The molecular formula is C33H47N5O3SSi. The summed E-state index contributed by atoms with van der Waals surface area (Å²) in [4.78, 5) is 9.95. The average molecular weight is 622 g/mol. The van der Waals surface area contributed by atoms with Gasteiger partial charge in [0.1, 0.15) is 10.5 Å². The molecule has 3 aromatic heterocycles. The van der Waals surface area contributed by atoms with Gasteiger partial charge in [-0.3, -0.25) is 4.98 Å². The Labute approximate surface area is 261 Å². The van der Waals surface area contributed by atoms with Gasteiger partial charge in [-0.15, -0.1) is 4.72 Å². The van der Waals surface area contributed by atoms with Gasteiger partial charge < -0.3 is 13.7 Å². The molecule has 4 aromatic rings. The van der Waals surface area contributed by atoms with Crippen molar-refractivity contribution in [2.75, 3.05) is 7.11 Å². The van der Waals surface area contributed by atoms with Gasteiger partial charge >= 0.3 is 0 Å². The van der Waals surface area contributed by atoms with E-state index in [1.54, 1.807) is 7.11 Å². The van der Waals surface area contributed by atoms with Crippen LogP contribution in [0.3, 0.4) is 0 Å². The van der Waals surface area contributed by atoms with Crippen LogP contribution in [0.25, 0.3) is 28.0 Å². The van der Waals surface area contributed by atoms with Crippen LogP contribution in [0.1, 0.15) is 78.7 Å². The second kappa shape index (κ2) is 13.1. The number of pyridine rings is 2. The van der Waals surface area contributed by atoms with Crippen LogP contribution >= 0.6 is 0 Å². The Hall–Kier alpha value is -2.76. The van der Waals surface area contributed by atoms with Crippen molar-refractivity contribution in [1.29, 1.82) is 0 Å². The van der Waals surface area contributed by atoms with Gasteiger partial charge in [0.25, 0.3) is 0 Å². The van der Waals surface area contributed by atoms with Crippen molar-refractivity contribution in [3.05, 3.63) is 66.1 Å². The van der Waals surface area contributed by atoms with Crippen molar-refractivity contribution in [3.8, 4) is 22.8 Å². The molecule has 0 spiro atoms. The van der Waals surface area contributed by atoms with Crippen LogP contribution in [-0.2, 0) is 22.4 Å². The molecular weight excluding hydrogens is 575 g/mol. The standard InChI is InChI=1S/C33H47N5O3SSi/c1-11-14-28(37-42(39)32(2,3)4)27-17-13-16-26(36-27)23-19-29-25(30(20-23)40-8)21-34-38(29)31-18-12-15-24(35-31)22-41-43(9,10)33(5,6)7/h12-13,15-21,28,37H,11,14,22H2,1-10H3/t28-,42+/m0/s1. The summed E-state index contributed by atoms with van der Waals surface area (Å²) < 4.78 is 30.0. The summed E-state index contributed by atoms with van der Waals surface area (Å²) in [5.41, 5.74) is 4.30. The van der Waals surface area contributed by atoms with Crippen LogP contribution in [0.15, 0.2) is 54.7 Å². The Morgan fingerprint density at radius 1 is 1.02 bits per heavy atom. The average Bonchev–Trinajstić information content (AvgIpc) is 3.39. The Bertz CT molecular complexity index is 1540. The number of nitrogens with zero attached hydrogens (tertiary/aromatic N) is 4. The van der Waals surface area contributed by atoms with Gasteiger partial charge in [-0.25, -0.2) is 9.67 Å². The lowest BCUT2D eigenvalue weighted by Gasteiger charge is -2.36. The number of methoxy groups -OCH3 is 1. The third-order valence-corrected chi connectivity index (χ3v) is 14.2. The maximum atomic E-state index is 12.9. The number of rotatable bonds is 11. The fourth-order valence-corrected chi connectivity index (χ4v) is 6.19. The zero-order chi connectivity index (χ0) is 31.6. The lowest BCUT2D eigenvalue weighted by molar-refractivity contribution is 0.272. The Balaban J connectivity index is 1.71. The quantitative estimate of drug-likeness (QED) is 0.134. The maximum absolute atomic E-state index is 12.9. The van der Waals surface area contributed by atoms with E-state index in [1.165, 1.54) is 0 Å². The number of ether oxygens (including phenoxy) is 1. The van der Waals surface area contributed by atoms with Crippen LogP contribution in [0.2, 0.25) is 18.1 Å². The van der Waals surface area contributed by atoms with E-state index in [2.05, 4.69) is 51.6 Å². The molecule has 0 aliphatic carbocycles. The minimum absolute atomic E-state index is 0.122. The summed E-state index contributed by atoms with van der Waals surface area (Å²) in [6.07, 6.45) is 3.58. The van der Waals surface area contributed by atoms with Crippen molar-refractivity contribution in [3.63, 3.8) is 0 Å². The predicted octanol–water partition coefficient (Wildman–Crippen LogP) is 7.91. The molecule has 232 valence electrons. The fraction of sp³-hybridized carbons (Fsp3) is 0.485. The summed E-state index contributed by atoms with van der Waals surface area (Å²) in [5.74, 6) is 1.42. The van der Waals surface area contributed by atoms with Gasteiger partial charge in [0.15, 0.2) is 14.1 Å². The third kappa shape index (κ3) is 7.67. The number of aromatic nitrogens is 4. The van der Waals surface area contributed by atoms with Crippen LogP contribution in [0.5, 0.6) is 5.75 Å². The first-order valence-corrected chi connectivity index (χ1v) is 19.0. The molecule has 2 atom stereocenters. The maximum Gasteiger partial charge on any atom is 0.192 e. The molecule has 0 saturated heterocycles. The van der Waals surface area contributed by atoms with Crippen molar-refractivity contribution >= 4 is 30.6 Å². The molecule has 3 heterocycles. The van der Waals surface area contributed by atoms with Crippen LogP contribution in [-0.4, -0.2) is 44.5 Å². The lowest BCUT2D eigenvalue weighted by Crippen LogP contribution is -2.41. The fourth-order valence-electron chi connectivity index (χ4n) is 4.40. The van der Waals surface area contributed by atoms with Gasteiger partial charge in [0, 0.05) is 16.9 Å². The number of fused-ring (bicyclic) bond motifs is 1. The Morgan fingerprint density at radius 2 is 1.74 bits per heavy atom. The number of benzene rings is 1. The Morgan fingerprint density at radius 3 is 2.40 bits per heavy atom. The highest BCUT2D eigenvalue weighted by atomic mass is 32.2. The Kier molecular flexibility index (Phi) is 10.1. The van der Waals surface area contributed by atoms with Crippen molar-refractivity contribution in [2.24, 2.45) is 0 Å². The summed E-state index contributed by atoms with van der Waals surface area (Å²) >= 11 is -1.21. The van der Waals surface area contributed by atoms with E-state index in [0.717, 1.165) is 46.4 Å². The van der Waals surface area contributed by atoms with Gasteiger partial charge in [0.2, 0.25) is 0 Å². The molecule has 0 saturated carbocycles. The van der Waals surface area contributed by atoms with E-state index in [1.807, 2.05) is 74.1 Å². The second-order valence-corrected chi connectivity index (χ2v) is 20.3. The molecule has 1 aromatic carbocycles. The van der Waals surface area contributed by atoms with Gasteiger partial charge in [-0.1, -0.05) is 46.2 Å². The number of nitrogens with one attached hydrogen (secondary N) is 1. The lowest BCUT2D eigenvalue weighted by atomic mass is 10.1. The molecule has 0 fully saturated rings. The van der Waals surface area contributed by atoms with Gasteiger partial charge in [-0.2, -0.15) is 5.10 Å². The summed E-state index contributed by atoms with van der Waals surface area (Å²) in [6, 6.07) is 15.9. The molecule has 0 aliphatic rings. The van der Waals surface area contributed by atoms with E-state index in [-0.39, 0.29) is 15.8 Å².